The number of carbonyl (C=O) groups is 1. The van der Waals surface area contributed by atoms with Crippen molar-refractivity contribution in [2.75, 3.05) is 0 Å². The van der Waals surface area contributed by atoms with E-state index in [1.807, 2.05) is 6.92 Å². The summed E-state index contributed by atoms with van der Waals surface area (Å²) >= 11 is 0. The van der Waals surface area contributed by atoms with Crippen LogP contribution in [0.15, 0.2) is 0 Å². The Hall–Kier alpha value is 0.574. The molecule has 0 saturated carbocycles. The third-order valence-electron chi connectivity index (χ3n) is 1.73. The van der Waals surface area contributed by atoms with Crippen molar-refractivity contribution < 1.29 is 42.6 Å². The number of rotatable bonds is 5. The van der Waals surface area contributed by atoms with Gasteiger partial charge in [0.15, 0.2) is 0 Å². The smallest absolute Gasteiger partial charge is 0.550 e. The molecule has 0 heterocycles. The van der Waals surface area contributed by atoms with Gasteiger partial charge < -0.3 is 9.90 Å². The second-order valence-corrected chi connectivity index (χ2v) is 2.57. The number of carboxylic acid groups (broad SMARTS) is 1. The van der Waals surface area contributed by atoms with E-state index < -0.39 is 5.97 Å². The summed E-state index contributed by atoms with van der Waals surface area (Å²) in [5, 5.41) is 10.3. The second kappa shape index (κ2) is 8.67. The fraction of sp³-hybridized carbons (Fsp3) is 0.875. The van der Waals surface area contributed by atoms with Crippen molar-refractivity contribution in [3.63, 3.8) is 0 Å². The van der Waals surface area contributed by atoms with Gasteiger partial charge in [0.1, 0.15) is 0 Å². The predicted octanol–water partition coefficient (Wildman–Crippen LogP) is 0.950. The summed E-state index contributed by atoms with van der Waals surface area (Å²) < 4.78 is 0. The first-order valence-corrected chi connectivity index (χ1v) is 3.93. The normalized spacial score (nSPS) is 11.8. The Bertz CT molecular complexity index is 104. The maximum Gasteiger partial charge on any atom is 3.00 e. The number of hydrogen-bond acceptors (Lipinski definition) is 2. The molecule has 0 aromatic carbocycles. The van der Waals surface area contributed by atoms with E-state index in [4.69, 9.17) is 0 Å². The molecule has 2 nitrogen and oxygen atoms in total. The first kappa shape index (κ1) is 14.1. The predicted molar refractivity (Wildman–Crippen MR) is 38.3 cm³/mol. The van der Waals surface area contributed by atoms with E-state index >= 15 is 0 Å². The fourth-order valence-corrected chi connectivity index (χ4v) is 0.939. The SMILES string of the molecule is CCCCC(CC)C(=O)[O-].[Y+3]. The summed E-state index contributed by atoms with van der Waals surface area (Å²) in [5.41, 5.74) is 0. The Labute approximate surface area is 93.6 Å². The van der Waals surface area contributed by atoms with E-state index in [0.717, 1.165) is 19.3 Å². The zero-order chi connectivity index (χ0) is 7.98. The summed E-state index contributed by atoms with van der Waals surface area (Å²) in [5.74, 6) is -1.11. The van der Waals surface area contributed by atoms with E-state index in [-0.39, 0.29) is 38.6 Å². The third-order valence-corrected chi connectivity index (χ3v) is 1.73. The summed E-state index contributed by atoms with van der Waals surface area (Å²) in [6, 6.07) is 0. The molecule has 0 spiro atoms. The van der Waals surface area contributed by atoms with E-state index in [1.165, 1.54) is 0 Å². The standard InChI is InChI=1S/C8H16O2.Y/c1-3-5-6-7(4-2)8(9)10;/h7H,3-6H2,1-2H3,(H,9,10);/q;+3/p-1. The summed E-state index contributed by atoms with van der Waals surface area (Å²) in [6.45, 7) is 3.94. The topological polar surface area (TPSA) is 40.1 Å². The van der Waals surface area contributed by atoms with Gasteiger partial charge in [0.2, 0.25) is 0 Å². The summed E-state index contributed by atoms with van der Waals surface area (Å²) in [7, 11) is 0. The second-order valence-electron chi connectivity index (χ2n) is 2.57. The van der Waals surface area contributed by atoms with E-state index in [2.05, 4.69) is 6.92 Å². The van der Waals surface area contributed by atoms with Crippen LogP contribution in [0.1, 0.15) is 39.5 Å². The molecule has 0 radical (unpaired) electrons. The van der Waals surface area contributed by atoms with Crippen molar-refractivity contribution >= 4 is 5.97 Å². The zero-order valence-electron chi connectivity index (χ0n) is 7.30. The number of carbonyl (C=O) groups excluding carboxylic acids is 1. The number of unbranched alkanes of at least 4 members (excludes halogenated alkanes) is 1. The van der Waals surface area contributed by atoms with Gasteiger partial charge in [0, 0.05) is 5.97 Å². The van der Waals surface area contributed by atoms with Crippen LogP contribution in [0.2, 0.25) is 0 Å². The maximum absolute atomic E-state index is 10.3. The molecule has 1 atom stereocenters. The van der Waals surface area contributed by atoms with Crippen molar-refractivity contribution in [3.8, 4) is 0 Å². The molecule has 0 amide bonds. The monoisotopic (exact) mass is 232 g/mol. The molecule has 0 saturated heterocycles. The molecule has 0 aromatic rings. The molecule has 0 aliphatic heterocycles. The van der Waals surface area contributed by atoms with Crippen LogP contribution in [-0.2, 0) is 37.5 Å². The molecular weight excluding hydrogens is 217 g/mol. The van der Waals surface area contributed by atoms with Crippen molar-refractivity contribution in [1.82, 2.24) is 0 Å². The van der Waals surface area contributed by atoms with Crippen LogP contribution in [0, 0.1) is 5.92 Å². The Balaban J connectivity index is 0. The molecule has 60 valence electrons. The number of carboxylic acids is 1. The molecule has 11 heavy (non-hydrogen) atoms. The van der Waals surface area contributed by atoms with Crippen LogP contribution in [0.25, 0.3) is 0 Å². The Morgan fingerprint density at radius 3 is 2.27 bits per heavy atom. The molecule has 0 aliphatic carbocycles. The first-order chi connectivity index (χ1) is 4.72. The molecule has 1 unspecified atom stereocenters. The Morgan fingerprint density at radius 1 is 1.45 bits per heavy atom. The minimum absolute atomic E-state index is 0. The molecule has 3 heteroatoms. The Morgan fingerprint density at radius 2 is 2.00 bits per heavy atom. The van der Waals surface area contributed by atoms with Gasteiger partial charge in [0.05, 0.1) is 0 Å². The van der Waals surface area contributed by atoms with E-state index in [0.29, 0.717) is 6.42 Å². The molecule has 0 rings (SSSR count). The summed E-state index contributed by atoms with van der Waals surface area (Å²) in [4.78, 5) is 10.3. The summed E-state index contributed by atoms with van der Waals surface area (Å²) in [6.07, 6.45) is 3.52. The van der Waals surface area contributed by atoms with Gasteiger partial charge in [0.25, 0.3) is 0 Å². The van der Waals surface area contributed by atoms with Gasteiger partial charge >= 0.3 is 32.7 Å². The molecule has 0 fully saturated rings. The van der Waals surface area contributed by atoms with Crippen LogP contribution in [0.4, 0.5) is 0 Å². The van der Waals surface area contributed by atoms with Crippen LogP contribution < -0.4 is 5.11 Å². The van der Waals surface area contributed by atoms with Crippen LogP contribution in [0.5, 0.6) is 0 Å². The molecule has 0 aliphatic rings. The van der Waals surface area contributed by atoms with Crippen molar-refractivity contribution in [3.05, 3.63) is 0 Å². The largest absolute Gasteiger partial charge is 3.00 e. The third kappa shape index (κ3) is 6.95. The number of aliphatic carboxylic acids is 1. The van der Waals surface area contributed by atoms with Crippen LogP contribution in [0.3, 0.4) is 0 Å². The quantitative estimate of drug-likeness (QED) is 0.708. The molecule has 0 N–H and O–H groups in total. The van der Waals surface area contributed by atoms with Gasteiger partial charge in [-0.05, 0) is 18.8 Å². The average Bonchev–Trinajstić information content (AvgIpc) is 1.89. The minimum Gasteiger partial charge on any atom is -0.550 e. The van der Waals surface area contributed by atoms with Crippen molar-refractivity contribution in [2.45, 2.75) is 39.5 Å². The van der Waals surface area contributed by atoms with Crippen LogP contribution in [-0.4, -0.2) is 5.97 Å². The maximum atomic E-state index is 10.3. The van der Waals surface area contributed by atoms with E-state index in [9.17, 15) is 9.90 Å². The zero-order valence-corrected chi connectivity index (χ0v) is 10.1. The van der Waals surface area contributed by atoms with Gasteiger partial charge in [-0.1, -0.05) is 26.7 Å². The van der Waals surface area contributed by atoms with Gasteiger partial charge in [-0.2, -0.15) is 0 Å². The Kier molecular flexibility index (Phi) is 11.1. The first-order valence-electron chi connectivity index (χ1n) is 3.93. The van der Waals surface area contributed by atoms with Gasteiger partial charge in [-0.15, -0.1) is 0 Å². The average molecular weight is 232 g/mol. The molecular formula is C8H15O2Y+2. The fourth-order valence-electron chi connectivity index (χ4n) is 0.939. The van der Waals surface area contributed by atoms with Crippen LogP contribution >= 0.6 is 0 Å². The van der Waals surface area contributed by atoms with Gasteiger partial charge in [-0.3, -0.25) is 0 Å². The minimum atomic E-state index is -0.893. The van der Waals surface area contributed by atoms with Crippen molar-refractivity contribution in [1.29, 1.82) is 0 Å². The molecule has 0 aromatic heterocycles. The van der Waals surface area contributed by atoms with Crippen molar-refractivity contribution in [2.24, 2.45) is 5.92 Å². The number of hydrogen-bond donors (Lipinski definition) is 0. The van der Waals surface area contributed by atoms with E-state index in [1.54, 1.807) is 0 Å². The molecule has 0 bridgehead atoms. The van der Waals surface area contributed by atoms with Gasteiger partial charge in [-0.25, -0.2) is 0 Å².